The molecule has 0 aliphatic carbocycles. The highest BCUT2D eigenvalue weighted by atomic mass is 19.3. The second-order valence-corrected chi connectivity index (χ2v) is 2.11. The van der Waals surface area contributed by atoms with Crippen LogP contribution in [0.4, 0.5) is 8.78 Å². The Morgan fingerprint density at radius 2 is 2.25 bits per heavy atom. The van der Waals surface area contributed by atoms with Crippen molar-refractivity contribution in [1.29, 1.82) is 0 Å². The third-order valence-corrected chi connectivity index (χ3v) is 1.30. The number of alkyl halides is 2. The molecule has 1 aromatic rings. The molecule has 0 aliphatic rings. The van der Waals surface area contributed by atoms with E-state index in [1.54, 1.807) is 13.0 Å². The molecule has 0 atom stereocenters. The van der Waals surface area contributed by atoms with E-state index in [2.05, 4.69) is 16.8 Å². The van der Waals surface area contributed by atoms with Crippen molar-refractivity contribution in [1.82, 2.24) is 4.98 Å². The van der Waals surface area contributed by atoms with Gasteiger partial charge in [0.1, 0.15) is 5.69 Å². The molecule has 12 heavy (non-hydrogen) atoms. The lowest BCUT2D eigenvalue weighted by atomic mass is 10.2. The molecule has 0 N–H and O–H groups in total. The average Bonchev–Trinajstić information content (AvgIpc) is 2.05. The number of aromatic nitrogens is 1. The summed E-state index contributed by atoms with van der Waals surface area (Å²) < 4.78 is 24.4. The number of nitrogens with zero attached hydrogens (tertiary/aromatic N) is 1. The number of pyridine rings is 1. The van der Waals surface area contributed by atoms with Crippen LogP contribution >= 0.6 is 0 Å². The summed E-state index contributed by atoms with van der Waals surface area (Å²) in [4.78, 5) is 3.54. The second kappa shape index (κ2) is 3.82. The molecular formula is C9H7F2N. The minimum absolute atomic E-state index is 0.244. The Balaban J connectivity index is 3.14. The minimum Gasteiger partial charge on any atom is -0.254 e. The molecule has 62 valence electrons. The second-order valence-electron chi connectivity index (χ2n) is 2.11. The first-order valence-corrected chi connectivity index (χ1v) is 3.41. The Kier molecular flexibility index (Phi) is 2.76. The van der Waals surface area contributed by atoms with Gasteiger partial charge >= 0.3 is 0 Å². The molecule has 0 amide bonds. The minimum atomic E-state index is -2.55. The molecular weight excluding hydrogens is 160 g/mol. The standard InChI is InChI=1S/C9H7F2N/c1-2-4-7-5-3-6-12-8(7)9(10)11/h3,5-6,9H,1H3. The van der Waals surface area contributed by atoms with Gasteiger partial charge < -0.3 is 0 Å². The van der Waals surface area contributed by atoms with E-state index in [0.717, 1.165) is 0 Å². The maximum atomic E-state index is 12.2. The molecule has 0 bridgehead atoms. The molecule has 3 heteroatoms. The molecule has 0 radical (unpaired) electrons. The van der Waals surface area contributed by atoms with Gasteiger partial charge in [-0.1, -0.05) is 5.92 Å². The first-order chi connectivity index (χ1) is 5.75. The van der Waals surface area contributed by atoms with Crippen LogP contribution < -0.4 is 0 Å². The number of rotatable bonds is 1. The number of halogens is 2. The maximum Gasteiger partial charge on any atom is 0.281 e. The summed E-state index contributed by atoms with van der Waals surface area (Å²) in [5, 5.41) is 0. The topological polar surface area (TPSA) is 12.9 Å². The van der Waals surface area contributed by atoms with Gasteiger partial charge in [0.05, 0.1) is 5.56 Å². The highest BCUT2D eigenvalue weighted by molar-refractivity contribution is 5.37. The normalized spacial score (nSPS) is 9.33. The summed E-state index contributed by atoms with van der Waals surface area (Å²) in [6, 6.07) is 3.12. The van der Waals surface area contributed by atoms with Crippen molar-refractivity contribution < 1.29 is 8.78 Å². The van der Waals surface area contributed by atoms with Crippen molar-refractivity contribution in [3.63, 3.8) is 0 Å². The largest absolute Gasteiger partial charge is 0.281 e. The molecule has 0 unspecified atom stereocenters. The average molecular weight is 167 g/mol. The summed E-state index contributed by atoms with van der Waals surface area (Å²) in [5.74, 6) is 5.12. The predicted molar refractivity (Wildman–Crippen MR) is 41.7 cm³/mol. The van der Waals surface area contributed by atoms with Gasteiger partial charge in [-0.15, -0.1) is 5.92 Å². The predicted octanol–water partition coefficient (Wildman–Crippen LogP) is 2.39. The van der Waals surface area contributed by atoms with Crippen LogP contribution in [-0.2, 0) is 0 Å². The van der Waals surface area contributed by atoms with E-state index in [4.69, 9.17) is 0 Å². The fourth-order valence-electron chi connectivity index (χ4n) is 0.832. The van der Waals surface area contributed by atoms with Crippen LogP contribution in [0.2, 0.25) is 0 Å². The van der Waals surface area contributed by atoms with Gasteiger partial charge in [-0.3, -0.25) is 4.98 Å². The number of hydrogen-bond acceptors (Lipinski definition) is 1. The molecule has 0 fully saturated rings. The molecule has 0 spiro atoms. The SMILES string of the molecule is CC#Cc1cccnc1C(F)F. The van der Waals surface area contributed by atoms with Crippen LogP contribution in [0.1, 0.15) is 24.6 Å². The van der Waals surface area contributed by atoms with Gasteiger partial charge in [0.25, 0.3) is 6.43 Å². The third-order valence-electron chi connectivity index (χ3n) is 1.30. The zero-order valence-electron chi connectivity index (χ0n) is 6.51. The van der Waals surface area contributed by atoms with Crippen molar-refractivity contribution in [3.05, 3.63) is 29.6 Å². The quantitative estimate of drug-likeness (QED) is 0.585. The van der Waals surface area contributed by atoms with Gasteiger partial charge in [0, 0.05) is 6.20 Å². The molecule has 1 aromatic heterocycles. The highest BCUT2D eigenvalue weighted by Crippen LogP contribution is 2.18. The van der Waals surface area contributed by atoms with Crippen molar-refractivity contribution in [2.45, 2.75) is 13.3 Å². The zero-order chi connectivity index (χ0) is 8.97. The molecule has 0 saturated heterocycles. The van der Waals surface area contributed by atoms with Crippen LogP contribution in [-0.4, -0.2) is 4.98 Å². The van der Waals surface area contributed by atoms with Gasteiger partial charge in [0.2, 0.25) is 0 Å². The van der Waals surface area contributed by atoms with E-state index >= 15 is 0 Å². The van der Waals surface area contributed by atoms with Crippen LogP contribution in [0.5, 0.6) is 0 Å². The Labute approximate surface area is 69.4 Å². The maximum absolute atomic E-state index is 12.2. The smallest absolute Gasteiger partial charge is 0.254 e. The van der Waals surface area contributed by atoms with Crippen LogP contribution in [0.25, 0.3) is 0 Å². The summed E-state index contributed by atoms with van der Waals surface area (Å²) in [7, 11) is 0. The Morgan fingerprint density at radius 3 is 2.83 bits per heavy atom. The first-order valence-electron chi connectivity index (χ1n) is 3.41. The lowest BCUT2D eigenvalue weighted by Gasteiger charge is -1.99. The van der Waals surface area contributed by atoms with Crippen LogP contribution in [0, 0.1) is 11.8 Å². The first kappa shape index (κ1) is 8.66. The van der Waals surface area contributed by atoms with Crippen molar-refractivity contribution >= 4 is 0 Å². The molecule has 0 aliphatic heterocycles. The van der Waals surface area contributed by atoms with Crippen LogP contribution in [0.3, 0.4) is 0 Å². The van der Waals surface area contributed by atoms with E-state index in [-0.39, 0.29) is 5.69 Å². The molecule has 1 nitrogen and oxygen atoms in total. The Hall–Kier alpha value is -1.43. The van der Waals surface area contributed by atoms with Gasteiger partial charge in [-0.2, -0.15) is 0 Å². The number of hydrogen-bond donors (Lipinski definition) is 0. The van der Waals surface area contributed by atoms with E-state index in [1.807, 2.05) is 0 Å². The van der Waals surface area contributed by atoms with Gasteiger partial charge in [-0.25, -0.2) is 8.78 Å². The third kappa shape index (κ3) is 1.79. The molecule has 0 saturated carbocycles. The summed E-state index contributed by atoms with van der Waals surface area (Å²) in [6.07, 6.45) is -1.22. The lowest BCUT2D eigenvalue weighted by molar-refractivity contribution is 0.146. The van der Waals surface area contributed by atoms with Gasteiger partial charge in [-0.05, 0) is 19.1 Å². The molecule has 1 rings (SSSR count). The van der Waals surface area contributed by atoms with Crippen molar-refractivity contribution in [2.24, 2.45) is 0 Å². The summed E-state index contributed by atoms with van der Waals surface area (Å²) in [5.41, 5.74) is 0.0573. The van der Waals surface area contributed by atoms with Crippen LogP contribution in [0.15, 0.2) is 18.3 Å². The van der Waals surface area contributed by atoms with E-state index in [0.29, 0.717) is 5.56 Å². The van der Waals surface area contributed by atoms with E-state index in [1.165, 1.54) is 12.3 Å². The molecule has 0 aromatic carbocycles. The molecule has 1 heterocycles. The monoisotopic (exact) mass is 167 g/mol. The highest BCUT2D eigenvalue weighted by Gasteiger charge is 2.11. The lowest BCUT2D eigenvalue weighted by Crippen LogP contribution is -1.93. The fraction of sp³-hybridized carbons (Fsp3) is 0.222. The van der Waals surface area contributed by atoms with Crippen molar-refractivity contribution in [2.75, 3.05) is 0 Å². The van der Waals surface area contributed by atoms with Gasteiger partial charge in [0.15, 0.2) is 0 Å². The summed E-state index contributed by atoms with van der Waals surface area (Å²) in [6.45, 7) is 1.60. The fourth-order valence-corrected chi connectivity index (χ4v) is 0.832. The van der Waals surface area contributed by atoms with E-state index in [9.17, 15) is 8.78 Å². The Bertz CT molecular complexity index is 323. The zero-order valence-corrected chi connectivity index (χ0v) is 6.51. The van der Waals surface area contributed by atoms with Crippen molar-refractivity contribution in [3.8, 4) is 11.8 Å². The summed E-state index contributed by atoms with van der Waals surface area (Å²) >= 11 is 0. The Morgan fingerprint density at radius 1 is 1.50 bits per heavy atom. The van der Waals surface area contributed by atoms with E-state index < -0.39 is 6.43 Å².